The van der Waals surface area contributed by atoms with Gasteiger partial charge in [-0.2, -0.15) is 0 Å². The summed E-state index contributed by atoms with van der Waals surface area (Å²) in [6.45, 7) is 0.721. The third-order valence-corrected chi connectivity index (χ3v) is 3.14. The first-order valence-corrected chi connectivity index (χ1v) is 5.98. The van der Waals surface area contributed by atoms with E-state index < -0.39 is 6.04 Å². The second-order valence-electron chi connectivity index (χ2n) is 4.39. The number of nitro groups is 1. The molecule has 2 rings (SSSR count). The molecule has 0 radical (unpaired) electrons. The fourth-order valence-corrected chi connectivity index (χ4v) is 2.08. The van der Waals surface area contributed by atoms with Crippen LogP contribution in [0.4, 0.5) is 0 Å². The molecule has 0 bridgehead atoms. The number of aromatic nitrogens is 1. The van der Waals surface area contributed by atoms with Gasteiger partial charge in [-0.15, -0.1) is 0 Å². The van der Waals surface area contributed by atoms with Crippen LogP contribution in [0.2, 0.25) is 0 Å². The van der Waals surface area contributed by atoms with Gasteiger partial charge in [-0.25, -0.2) is 0 Å². The zero-order valence-electron chi connectivity index (χ0n) is 9.99. The Morgan fingerprint density at radius 2 is 2.33 bits per heavy atom. The van der Waals surface area contributed by atoms with Crippen molar-refractivity contribution in [1.82, 2.24) is 9.88 Å². The maximum atomic E-state index is 11.7. The second kappa shape index (κ2) is 5.57. The number of hydrogen-bond acceptors (Lipinski definition) is 4. The molecule has 18 heavy (non-hydrogen) atoms. The molecule has 6 nitrogen and oxygen atoms in total. The summed E-state index contributed by atoms with van der Waals surface area (Å²) in [6, 6.07) is 4.99. The standard InChI is InChI=1S/C12H15N3O3/c16-12-5-4-11(15(17)18)9-14(12)8-6-10-3-1-2-7-13-10/h1-3,7,11H,4-6,8-9H2. The van der Waals surface area contributed by atoms with Crippen LogP contribution >= 0.6 is 0 Å². The lowest BCUT2D eigenvalue weighted by molar-refractivity contribution is -0.524. The van der Waals surface area contributed by atoms with E-state index in [0.717, 1.165) is 5.69 Å². The van der Waals surface area contributed by atoms with E-state index in [-0.39, 0.29) is 23.8 Å². The minimum atomic E-state index is -0.619. The average Bonchev–Trinajstić information content (AvgIpc) is 2.38. The molecule has 1 aromatic rings. The van der Waals surface area contributed by atoms with Crippen LogP contribution < -0.4 is 0 Å². The van der Waals surface area contributed by atoms with Crippen molar-refractivity contribution in [2.75, 3.05) is 13.1 Å². The van der Waals surface area contributed by atoms with Crippen molar-refractivity contribution in [3.8, 4) is 0 Å². The first-order valence-electron chi connectivity index (χ1n) is 5.98. The van der Waals surface area contributed by atoms with Crippen molar-refractivity contribution in [3.63, 3.8) is 0 Å². The third kappa shape index (κ3) is 3.03. The smallest absolute Gasteiger partial charge is 0.230 e. The van der Waals surface area contributed by atoms with Crippen LogP contribution in [0.5, 0.6) is 0 Å². The second-order valence-corrected chi connectivity index (χ2v) is 4.39. The van der Waals surface area contributed by atoms with Gasteiger partial charge >= 0.3 is 0 Å². The summed E-state index contributed by atoms with van der Waals surface area (Å²) in [4.78, 5) is 27.9. The number of nitrogens with zero attached hydrogens (tertiary/aromatic N) is 3. The monoisotopic (exact) mass is 249 g/mol. The molecule has 0 saturated carbocycles. The third-order valence-electron chi connectivity index (χ3n) is 3.14. The molecule has 1 amide bonds. The summed E-state index contributed by atoms with van der Waals surface area (Å²) in [5.41, 5.74) is 0.897. The van der Waals surface area contributed by atoms with Crippen LogP contribution in [0.25, 0.3) is 0 Å². The minimum absolute atomic E-state index is 0.00373. The molecule has 96 valence electrons. The molecule has 6 heteroatoms. The Hall–Kier alpha value is -1.98. The maximum Gasteiger partial charge on any atom is 0.230 e. The Balaban J connectivity index is 1.91. The first kappa shape index (κ1) is 12.5. The quantitative estimate of drug-likeness (QED) is 0.586. The van der Waals surface area contributed by atoms with E-state index in [1.807, 2.05) is 18.2 Å². The summed E-state index contributed by atoms with van der Waals surface area (Å²) in [5.74, 6) is 0.00373. The zero-order chi connectivity index (χ0) is 13.0. The Morgan fingerprint density at radius 1 is 1.50 bits per heavy atom. The van der Waals surface area contributed by atoms with E-state index in [1.165, 1.54) is 0 Å². The number of carbonyl (C=O) groups is 1. The van der Waals surface area contributed by atoms with E-state index >= 15 is 0 Å². The Kier molecular flexibility index (Phi) is 3.86. The van der Waals surface area contributed by atoms with Gasteiger partial charge in [0.25, 0.3) is 0 Å². The molecular formula is C12H15N3O3. The zero-order valence-corrected chi connectivity index (χ0v) is 9.99. The Morgan fingerprint density at radius 3 is 3.00 bits per heavy atom. The van der Waals surface area contributed by atoms with Gasteiger partial charge in [0, 0.05) is 42.6 Å². The van der Waals surface area contributed by atoms with Crippen LogP contribution in [0.3, 0.4) is 0 Å². The summed E-state index contributed by atoms with van der Waals surface area (Å²) >= 11 is 0. The fraction of sp³-hybridized carbons (Fsp3) is 0.500. The number of likely N-dealkylation sites (tertiary alicyclic amines) is 1. The predicted molar refractivity (Wildman–Crippen MR) is 64.5 cm³/mol. The van der Waals surface area contributed by atoms with E-state index in [2.05, 4.69) is 4.98 Å². The molecule has 0 aromatic carbocycles. The van der Waals surface area contributed by atoms with Crippen molar-refractivity contribution >= 4 is 5.91 Å². The van der Waals surface area contributed by atoms with Gasteiger partial charge in [0.1, 0.15) is 0 Å². The number of piperidine rings is 1. The number of carbonyl (C=O) groups excluding carboxylic acids is 1. The Bertz CT molecular complexity index is 435. The molecule has 1 fully saturated rings. The number of hydrogen-bond donors (Lipinski definition) is 0. The van der Waals surface area contributed by atoms with Gasteiger partial charge in [-0.3, -0.25) is 19.9 Å². The molecule has 1 aliphatic rings. The number of amides is 1. The van der Waals surface area contributed by atoms with Gasteiger partial charge in [-0.05, 0) is 12.1 Å². The molecule has 2 heterocycles. The van der Waals surface area contributed by atoms with Crippen molar-refractivity contribution in [2.45, 2.75) is 25.3 Å². The van der Waals surface area contributed by atoms with Crippen molar-refractivity contribution in [3.05, 3.63) is 40.2 Å². The van der Waals surface area contributed by atoms with E-state index in [9.17, 15) is 14.9 Å². The van der Waals surface area contributed by atoms with Crippen molar-refractivity contribution in [1.29, 1.82) is 0 Å². The molecule has 1 atom stereocenters. The maximum absolute atomic E-state index is 11.7. The highest BCUT2D eigenvalue weighted by Crippen LogP contribution is 2.14. The molecule has 0 aliphatic carbocycles. The summed E-state index contributed by atoms with van der Waals surface area (Å²) in [7, 11) is 0. The lowest BCUT2D eigenvalue weighted by Crippen LogP contribution is -2.46. The fourth-order valence-electron chi connectivity index (χ4n) is 2.08. The number of pyridine rings is 1. The van der Waals surface area contributed by atoms with E-state index in [1.54, 1.807) is 11.1 Å². The normalized spacial score (nSPS) is 19.9. The van der Waals surface area contributed by atoms with E-state index in [0.29, 0.717) is 19.4 Å². The van der Waals surface area contributed by atoms with Gasteiger partial charge < -0.3 is 4.90 Å². The Labute approximate surface area is 105 Å². The number of rotatable bonds is 4. The summed E-state index contributed by atoms with van der Waals surface area (Å²) in [5, 5.41) is 10.7. The molecule has 0 N–H and O–H groups in total. The molecule has 1 saturated heterocycles. The first-order chi connectivity index (χ1) is 8.66. The average molecular weight is 249 g/mol. The largest absolute Gasteiger partial charge is 0.335 e. The predicted octanol–water partition coefficient (Wildman–Crippen LogP) is 0.892. The van der Waals surface area contributed by atoms with Crippen LogP contribution in [0.1, 0.15) is 18.5 Å². The van der Waals surface area contributed by atoms with E-state index in [4.69, 9.17) is 0 Å². The van der Waals surface area contributed by atoms with Gasteiger partial charge in [0.05, 0.1) is 6.54 Å². The SMILES string of the molecule is O=C1CCC([N+](=O)[O-])CN1CCc1ccccn1. The molecular weight excluding hydrogens is 234 g/mol. The van der Waals surface area contributed by atoms with Crippen LogP contribution in [0.15, 0.2) is 24.4 Å². The highest BCUT2D eigenvalue weighted by atomic mass is 16.6. The van der Waals surface area contributed by atoms with Crippen molar-refractivity contribution < 1.29 is 9.72 Å². The topological polar surface area (TPSA) is 76.3 Å². The van der Waals surface area contributed by atoms with Crippen LogP contribution in [0, 0.1) is 10.1 Å². The van der Waals surface area contributed by atoms with Crippen LogP contribution in [-0.4, -0.2) is 39.8 Å². The lowest BCUT2D eigenvalue weighted by atomic mass is 10.1. The molecule has 1 aromatic heterocycles. The van der Waals surface area contributed by atoms with Gasteiger partial charge in [0.2, 0.25) is 11.9 Å². The highest BCUT2D eigenvalue weighted by molar-refractivity contribution is 5.77. The van der Waals surface area contributed by atoms with Crippen molar-refractivity contribution in [2.24, 2.45) is 0 Å². The highest BCUT2D eigenvalue weighted by Gasteiger charge is 2.32. The molecule has 0 spiro atoms. The lowest BCUT2D eigenvalue weighted by Gasteiger charge is -2.28. The minimum Gasteiger partial charge on any atom is -0.335 e. The van der Waals surface area contributed by atoms with Crippen LogP contribution in [-0.2, 0) is 11.2 Å². The molecule has 1 aliphatic heterocycles. The van der Waals surface area contributed by atoms with Gasteiger partial charge in [0.15, 0.2) is 0 Å². The molecule has 1 unspecified atom stereocenters. The van der Waals surface area contributed by atoms with Gasteiger partial charge in [-0.1, -0.05) is 6.07 Å². The summed E-state index contributed by atoms with van der Waals surface area (Å²) in [6.07, 6.45) is 2.96. The summed E-state index contributed by atoms with van der Waals surface area (Å²) < 4.78 is 0.